The molecule has 1 aliphatic heterocycles. The van der Waals surface area contributed by atoms with Gasteiger partial charge >= 0.3 is 0 Å². The average Bonchev–Trinajstić information content (AvgIpc) is 2.82. The van der Waals surface area contributed by atoms with E-state index < -0.39 is 0 Å². The standard InChI is InChI=1S/C18H22N2O2S2/c1-4-8-20-17(22)16(24-18(20)23)12-14-6-7-15(11-13(14)3)19(5-2)9-10-21/h4,6-7,11-12,21H,1,5,8-10H2,2-3H3/b16-12-. The first kappa shape index (κ1) is 18.7. The maximum atomic E-state index is 12.4. The van der Waals surface area contributed by atoms with Crippen molar-refractivity contribution in [2.45, 2.75) is 13.8 Å². The van der Waals surface area contributed by atoms with E-state index in [2.05, 4.69) is 24.5 Å². The van der Waals surface area contributed by atoms with Crippen molar-refractivity contribution in [3.05, 3.63) is 46.9 Å². The van der Waals surface area contributed by atoms with Gasteiger partial charge < -0.3 is 10.0 Å². The normalized spacial score (nSPS) is 16.1. The Morgan fingerprint density at radius 2 is 2.21 bits per heavy atom. The van der Waals surface area contributed by atoms with Crippen molar-refractivity contribution in [3.8, 4) is 0 Å². The van der Waals surface area contributed by atoms with Crippen molar-refractivity contribution in [2.75, 3.05) is 31.1 Å². The number of hydrogen-bond donors (Lipinski definition) is 1. The van der Waals surface area contributed by atoms with Crippen LogP contribution in [0, 0.1) is 6.92 Å². The summed E-state index contributed by atoms with van der Waals surface area (Å²) in [4.78, 5) is 16.7. The van der Waals surface area contributed by atoms with E-state index in [4.69, 9.17) is 17.3 Å². The van der Waals surface area contributed by atoms with Crippen LogP contribution in [0.4, 0.5) is 5.69 Å². The fraction of sp³-hybridized carbons (Fsp3) is 0.333. The Morgan fingerprint density at radius 3 is 2.79 bits per heavy atom. The molecule has 0 bridgehead atoms. The average molecular weight is 363 g/mol. The summed E-state index contributed by atoms with van der Waals surface area (Å²) in [5.41, 5.74) is 3.15. The molecule has 128 valence electrons. The molecule has 1 N–H and O–H groups in total. The Bertz CT molecular complexity index is 686. The molecule has 0 aliphatic carbocycles. The summed E-state index contributed by atoms with van der Waals surface area (Å²) < 4.78 is 0.570. The lowest BCUT2D eigenvalue weighted by molar-refractivity contribution is -0.121. The Morgan fingerprint density at radius 1 is 1.46 bits per heavy atom. The lowest BCUT2D eigenvalue weighted by Gasteiger charge is -2.22. The minimum atomic E-state index is -0.0659. The van der Waals surface area contributed by atoms with Crippen molar-refractivity contribution in [3.63, 3.8) is 0 Å². The van der Waals surface area contributed by atoms with E-state index in [-0.39, 0.29) is 12.5 Å². The Balaban J connectivity index is 2.26. The number of likely N-dealkylation sites (N-methyl/N-ethyl adjacent to an activating group) is 1. The highest BCUT2D eigenvalue weighted by Gasteiger charge is 2.31. The SMILES string of the molecule is C=CCN1C(=O)/C(=C/c2ccc(N(CC)CCO)cc2C)SC1=S. The molecule has 1 aromatic carbocycles. The summed E-state index contributed by atoms with van der Waals surface area (Å²) in [5.74, 6) is -0.0659. The summed E-state index contributed by atoms with van der Waals surface area (Å²) in [6.45, 7) is 9.74. The zero-order valence-corrected chi connectivity index (χ0v) is 15.6. The van der Waals surface area contributed by atoms with E-state index in [1.807, 2.05) is 25.1 Å². The molecule has 0 spiro atoms. The van der Waals surface area contributed by atoms with Crippen LogP contribution in [0.15, 0.2) is 35.8 Å². The zero-order valence-electron chi connectivity index (χ0n) is 14.0. The number of nitrogens with zero attached hydrogens (tertiary/aromatic N) is 2. The number of carbonyl (C=O) groups is 1. The molecule has 1 fully saturated rings. The van der Waals surface area contributed by atoms with Gasteiger partial charge in [-0.3, -0.25) is 9.69 Å². The third-order valence-corrected chi connectivity index (χ3v) is 5.22. The topological polar surface area (TPSA) is 43.8 Å². The fourth-order valence-corrected chi connectivity index (χ4v) is 3.80. The highest BCUT2D eigenvalue weighted by molar-refractivity contribution is 8.26. The minimum Gasteiger partial charge on any atom is -0.395 e. The van der Waals surface area contributed by atoms with Crippen LogP contribution in [-0.4, -0.2) is 46.5 Å². The summed E-state index contributed by atoms with van der Waals surface area (Å²) in [6.07, 6.45) is 3.57. The smallest absolute Gasteiger partial charge is 0.266 e. The van der Waals surface area contributed by atoms with Gasteiger partial charge in [0.25, 0.3) is 5.91 Å². The number of aliphatic hydroxyl groups excluding tert-OH is 1. The number of thiocarbonyl (C=S) groups is 1. The first-order valence-electron chi connectivity index (χ1n) is 7.84. The number of carbonyl (C=O) groups excluding carboxylic acids is 1. The van der Waals surface area contributed by atoms with E-state index in [1.54, 1.807) is 11.0 Å². The predicted octanol–water partition coefficient (Wildman–Crippen LogP) is 3.20. The molecule has 1 amide bonds. The van der Waals surface area contributed by atoms with E-state index in [0.29, 0.717) is 22.3 Å². The van der Waals surface area contributed by atoms with Crippen LogP contribution in [0.1, 0.15) is 18.1 Å². The van der Waals surface area contributed by atoms with Gasteiger partial charge in [-0.1, -0.05) is 36.1 Å². The molecule has 0 saturated carbocycles. The van der Waals surface area contributed by atoms with Crippen molar-refractivity contribution in [1.29, 1.82) is 0 Å². The molecule has 1 saturated heterocycles. The molecule has 6 heteroatoms. The summed E-state index contributed by atoms with van der Waals surface area (Å²) in [7, 11) is 0. The number of benzene rings is 1. The lowest BCUT2D eigenvalue weighted by atomic mass is 10.1. The third kappa shape index (κ3) is 4.06. The maximum absolute atomic E-state index is 12.4. The number of amides is 1. The van der Waals surface area contributed by atoms with Crippen molar-refractivity contribution >= 4 is 46.0 Å². The maximum Gasteiger partial charge on any atom is 0.266 e. The molecule has 24 heavy (non-hydrogen) atoms. The van der Waals surface area contributed by atoms with Gasteiger partial charge in [0.2, 0.25) is 0 Å². The van der Waals surface area contributed by atoms with Crippen LogP contribution in [0.2, 0.25) is 0 Å². The number of anilines is 1. The molecule has 1 aliphatic rings. The summed E-state index contributed by atoms with van der Waals surface area (Å²) >= 11 is 6.58. The van der Waals surface area contributed by atoms with E-state index in [9.17, 15) is 4.79 Å². The summed E-state index contributed by atoms with van der Waals surface area (Å²) in [5, 5.41) is 9.15. The molecule has 4 nitrogen and oxygen atoms in total. The van der Waals surface area contributed by atoms with E-state index in [1.165, 1.54) is 11.8 Å². The van der Waals surface area contributed by atoms with Crippen LogP contribution < -0.4 is 4.90 Å². The predicted molar refractivity (Wildman–Crippen MR) is 106 cm³/mol. The lowest BCUT2D eigenvalue weighted by Crippen LogP contribution is -2.27. The number of aliphatic hydroxyl groups is 1. The fourth-order valence-electron chi connectivity index (χ4n) is 2.54. The van der Waals surface area contributed by atoms with Crippen LogP contribution in [0.3, 0.4) is 0 Å². The van der Waals surface area contributed by atoms with E-state index in [0.717, 1.165) is 23.4 Å². The Kier molecular flexibility index (Phi) is 6.60. The van der Waals surface area contributed by atoms with Gasteiger partial charge in [0.05, 0.1) is 11.5 Å². The second kappa shape index (κ2) is 8.46. The van der Waals surface area contributed by atoms with Crippen molar-refractivity contribution in [1.82, 2.24) is 4.90 Å². The first-order valence-corrected chi connectivity index (χ1v) is 9.07. The van der Waals surface area contributed by atoms with Crippen LogP contribution in [-0.2, 0) is 4.79 Å². The molecular formula is C18H22N2O2S2. The number of aryl methyl sites for hydroxylation is 1. The minimum absolute atomic E-state index is 0.0659. The number of hydrogen-bond acceptors (Lipinski definition) is 5. The van der Waals surface area contributed by atoms with Crippen molar-refractivity contribution < 1.29 is 9.90 Å². The Labute approximate surface area is 152 Å². The molecule has 0 atom stereocenters. The number of thioether (sulfide) groups is 1. The van der Waals surface area contributed by atoms with Gasteiger partial charge in [0.15, 0.2) is 0 Å². The van der Waals surface area contributed by atoms with Crippen LogP contribution in [0.25, 0.3) is 6.08 Å². The molecule has 1 heterocycles. The largest absolute Gasteiger partial charge is 0.395 e. The number of rotatable bonds is 7. The molecule has 1 aromatic rings. The first-order chi connectivity index (χ1) is 11.5. The second-order valence-corrected chi connectivity index (χ2v) is 7.10. The van der Waals surface area contributed by atoms with Gasteiger partial charge in [-0.25, -0.2) is 0 Å². The zero-order chi connectivity index (χ0) is 17.7. The van der Waals surface area contributed by atoms with Gasteiger partial charge in [0.1, 0.15) is 4.32 Å². The molecule has 2 rings (SSSR count). The molecule has 0 radical (unpaired) electrons. The van der Waals surface area contributed by atoms with Gasteiger partial charge in [-0.15, -0.1) is 6.58 Å². The van der Waals surface area contributed by atoms with Crippen LogP contribution in [0.5, 0.6) is 0 Å². The quantitative estimate of drug-likeness (QED) is 0.458. The highest BCUT2D eigenvalue weighted by Crippen LogP contribution is 2.33. The van der Waals surface area contributed by atoms with Gasteiger partial charge in [-0.2, -0.15) is 0 Å². The Hall–Kier alpha value is -1.63. The van der Waals surface area contributed by atoms with Crippen LogP contribution >= 0.6 is 24.0 Å². The highest BCUT2D eigenvalue weighted by atomic mass is 32.2. The molecular weight excluding hydrogens is 340 g/mol. The second-order valence-electron chi connectivity index (χ2n) is 5.43. The van der Waals surface area contributed by atoms with Gasteiger partial charge in [-0.05, 0) is 43.2 Å². The molecule has 0 unspecified atom stereocenters. The molecule has 0 aromatic heterocycles. The van der Waals surface area contributed by atoms with Gasteiger partial charge in [0, 0.05) is 25.3 Å². The van der Waals surface area contributed by atoms with Crippen molar-refractivity contribution in [2.24, 2.45) is 0 Å². The van der Waals surface area contributed by atoms with E-state index >= 15 is 0 Å². The monoisotopic (exact) mass is 362 g/mol. The third-order valence-electron chi connectivity index (χ3n) is 3.84. The summed E-state index contributed by atoms with van der Waals surface area (Å²) in [6, 6.07) is 6.10.